The number of hydrogen-bond donors (Lipinski definition) is 1. The molecule has 17 heavy (non-hydrogen) atoms. The van der Waals surface area contributed by atoms with Crippen LogP contribution >= 0.6 is 0 Å². The van der Waals surface area contributed by atoms with Crippen molar-refractivity contribution < 1.29 is 14.6 Å². The van der Waals surface area contributed by atoms with Gasteiger partial charge in [-0.3, -0.25) is 0 Å². The normalized spacial score (nSPS) is 27.1. The zero-order valence-corrected chi connectivity index (χ0v) is 10.4. The van der Waals surface area contributed by atoms with Crippen LogP contribution < -0.4 is 4.90 Å². The van der Waals surface area contributed by atoms with E-state index < -0.39 is 17.4 Å². The van der Waals surface area contributed by atoms with Gasteiger partial charge in [-0.1, -0.05) is 0 Å². The minimum atomic E-state index is -1.43. The maximum atomic E-state index is 11.8. The first-order valence-electron chi connectivity index (χ1n) is 5.44. The van der Waals surface area contributed by atoms with Crippen LogP contribution in [0.15, 0.2) is 18.3 Å². The first kappa shape index (κ1) is 11.9. The lowest BCUT2D eigenvalue weighted by Gasteiger charge is -2.34. The van der Waals surface area contributed by atoms with Gasteiger partial charge in [-0.15, -0.1) is 0 Å². The lowest BCUT2D eigenvalue weighted by Crippen LogP contribution is -2.54. The van der Waals surface area contributed by atoms with Crippen LogP contribution in [-0.2, 0) is 4.74 Å². The molecule has 5 nitrogen and oxygen atoms in total. The van der Waals surface area contributed by atoms with Crippen molar-refractivity contribution in [3.63, 3.8) is 0 Å². The number of aromatic nitrogens is 1. The summed E-state index contributed by atoms with van der Waals surface area (Å²) in [6.07, 6.45) is 1.01. The molecule has 1 fully saturated rings. The molecular formula is C12H16N2O3. The van der Waals surface area contributed by atoms with E-state index in [-0.39, 0.29) is 0 Å². The number of carbonyl (C=O) groups is 1. The molecule has 0 bridgehead atoms. The molecule has 0 spiro atoms. The quantitative estimate of drug-likeness (QED) is 0.808. The van der Waals surface area contributed by atoms with Gasteiger partial charge in [0.25, 0.3) is 0 Å². The Balaban J connectivity index is 2.49. The minimum Gasteiger partial charge on any atom is -0.438 e. The number of amides is 1. The number of anilines is 1. The number of carbonyl (C=O) groups excluding carboxylic acids is 1. The van der Waals surface area contributed by atoms with E-state index in [1.807, 2.05) is 13.0 Å². The summed E-state index contributed by atoms with van der Waals surface area (Å²) in [6.45, 7) is 6.77. The molecule has 5 heteroatoms. The molecule has 0 aliphatic carbocycles. The average Bonchev–Trinajstić information content (AvgIpc) is 2.31. The van der Waals surface area contributed by atoms with Crippen LogP contribution in [0.2, 0.25) is 0 Å². The van der Waals surface area contributed by atoms with Crippen molar-refractivity contribution in [1.82, 2.24) is 4.98 Å². The largest absolute Gasteiger partial charge is 0.438 e. The molecule has 1 atom stereocenters. The van der Waals surface area contributed by atoms with Crippen molar-refractivity contribution in [3.8, 4) is 0 Å². The fourth-order valence-corrected chi connectivity index (χ4v) is 1.77. The Morgan fingerprint density at radius 1 is 1.41 bits per heavy atom. The highest BCUT2D eigenvalue weighted by Crippen LogP contribution is 2.39. The third kappa shape index (κ3) is 1.67. The van der Waals surface area contributed by atoms with Crippen LogP contribution in [0.1, 0.15) is 26.3 Å². The second kappa shape index (κ2) is 3.43. The first-order valence-corrected chi connectivity index (χ1v) is 5.44. The van der Waals surface area contributed by atoms with Gasteiger partial charge in [0.2, 0.25) is 0 Å². The predicted molar refractivity (Wildman–Crippen MR) is 62.6 cm³/mol. The molecule has 1 saturated heterocycles. The third-order valence-corrected chi connectivity index (χ3v) is 3.23. The summed E-state index contributed by atoms with van der Waals surface area (Å²) >= 11 is 0. The van der Waals surface area contributed by atoms with E-state index in [0.717, 1.165) is 5.56 Å². The second-order valence-electron chi connectivity index (χ2n) is 4.93. The van der Waals surface area contributed by atoms with E-state index in [1.165, 1.54) is 4.90 Å². The van der Waals surface area contributed by atoms with Crippen LogP contribution in [0.5, 0.6) is 0 Å². The first-order chi connectivity index (χ1) is 7.75. The zero-order chi connectivity index (χ0) is 12.8. The number of aryl methyl sites for hydroxylation is 1. The molecule has 1 aromatic heterocycles. The van der Waals surface area contributed by atoms with Crippen molar-refractivity contribution in [3.05, 3.63) is 23.9 Å². The molecule has 0 radical (unpaired) electrons. The Labute approximate surface area is 100 Å². The van der Waals surface area contributed by atoms with Gasteiger partial charge < -0.3 is 9.84 Å². The standard InChI is InChI=1S/C12H16N2O3/c1-8-5-6-13-9(7-8)14-10(15)17-11(2,3)12(14,4)16/h5-7,16H,1-4H3/t12-/m0/s1. The van der Waals surface area contributed by atoms with Gasteiger partial charge >= 0.3 is 6.09 Å². The summed E-state index contributed by atoms with van der Waals surface area (Å²) in [6, 6.07) is 3.56. The molecule has 1 N–H and O–H groups in total. The summed E-state index contributed by atoms with van der Waals surface area (Å²) in [5, 5.41) is 10.4. The van der Waals surface area contributed by atoms with Crippen LogP contribution in [0.4, 0.5) is 10.6 Å². The maximum Gasteiger partial charge on any atom is 0.418 e. The van der Waals surface area contributed by atoms with Crippen molar-refractivity contribution in [2.45, 2.75) is 39.0 Å². The molecule has 0 saturated carbocycles. The Morgan fingerprint density at radius 3 is 2.53 bits per heavy atom. The van der Waals surface area contributed by atoms with E-state index in [9.17, 15) is 9.90 Å². The predicted octanol–water partition coefficient (Wildman–Crippen LogP) is 1.83. The fourth-order valence-electron chi connectivity index (χ4n) is 1.77. The highest BCUT2D eigenvalue weighted by atomic mass is 16.6. The van der Waals surface area contributed by atoms with Gasteiger partial charge in [0.05, 0.1) is 0 Å². The highest BCUT2D eigenvalue weighted by molar-refractivity contribution is 5.90. The molecule has 2 rings (SSSR count). The Bertz CT molecular complexity index is 469. The Kier molecular flexibility index (Phi) is 2.39. The summed E-state index contributed by atoms with van der Waals surface area (Å²) in [5.41, 5.74) is -1.44. The number of hydrogen-bond acceptors (Lipinski definition) is 4. The molecule has 1 aliphatic rings. The van der Waals surface area contributed by atoms with Gasteiger partial charge in [0.1, 0.15) is 5.82 Å². The number of nitrogens with zero attached hydrogens (tertiary/aromatic N) is 2. The number of pyridine rings is 1. The van der Waals surface area contributed by atoms with Crippen LogP contribution in [-0.4, -0.2) is 27.5 Å². The van der Waals surface area contributed by atoms with Gasteiger partial charge in [0, 0.05) is 6.20 Å². The topological polar surface area (TPSA) is 62.7 Å². The van der Waals surface area contributed by atoms with E-state index in [1.54, 1.807) is 33.0 Å². The molecule has 0 unspecified atom stereocenters. The maximum absolute atomic E-state index is 11.8. The zero-order valence-electron chi connectivity index (χ0n) is 10.4. The van der Waals surface area contributed by atoms with Crippen molar-refractivity contribution >= 4 is 11.9 Å². The number of ether oxygens (including phenoxy) is 1. The SMILES string of the molecule is Cc1ccnc(N2C(=O)OC(C)(C)[C@]2(C)O)c1. The van der Waals surface area contributed by atoms with E-state index in [2.05, 4.69) is 4.98 Å². The molecule has 0 aromatic carbocycles. The van der Waals surface area contributed by atoms with E-state index >= 15 is 0 Å². The van der Waals surface area contributed by atoms with Crippen molar-refractivity contribution in [1.29, 1.82) is 0 Å². The Morgan fingerprint density at radius 2 is 2.06 bits per heavy atom. The lowest BCUT2D eigenvalue weighted by molar-refractivity contribution is -0.0725. The monoisotopic (exact) mass is 236 g/mol. The van der Waals surface area contributed by atoms with Gasteiger partial charge in [-0.05, 0) is 45.4 Å². The smallest absolute Gasteiger partial charge is 0.418 e. The van der Waals surface area contributed by atoms with E-state index in [0.29, 0.717) is 5.82 Å². The summed E-state index contributed by atoms with van der Waals surface area (Å²) in [4.78, 5) is 17.1. The molecule has 92 valence electrons. The average molecular weight is 236 g/mol. The van der Waals surface area contributed by atoms with E-state index in [4.69, 9.17) is 4.74 Å². The highest BCUT2D eigenvalue weighted by Gasteiger charge is 2.57. The number of cyclic esters (lactones) is 1. The van der Waals surface area contributed by atoms with Crippen LogP contribution in [0.3, 0.4) is 0 Å². The van der Waals surface area contributed by atoms with Gasteiger partial charge in [-0.2, -0.15) is 0 Å². The summed E-state index contributed by atoms with van der Waals surface area (Å²) < 4.78 is 5.17. The molecule has 1 aromatic rings. The van der Waals surface area contributed by atoms with Gasteiger partial charge in [-0.25, -0.2) is 14.7 Å². The van der Waals surface area contributed by atoms with Crippen molar-refractivity contribution in [2.24, 2.45) is 0 Å². The third-order valence-electron chi connectivity index (χ3n) is 3.23. The molecular weight excluding hydrogens is 220 g/mol. The fraction of sp³-hybridized carbons (Fsp3) is 0.500. The van der Waals surface area contributed by atoms with Gasteiger partial charge in [0.15, 0.2) is 11.3 Å². The second-order valence-corrected chi connectivity index (χ2v) is 4.93. The molecule has 2 heterocycles. The molecule has 1 aliphatic heterocycles. The number of rotatable bonds is 1. The summed E-state index contributed by atoms with van der Waals surface area (Å²) in [5.74, 6) is 0.394. The van der Waals surface area contributed by atoms with Crippen LogP contribution in [0, 0.1) is 6.92 Å². The minimum absolute atomic E-state index is 0.394. The molecule has 1 amide bonds. The van der Waals surface area contributed by atoms with Crippen molar-refractivity contribution in [2.75, 3.05) is 4.90 Å². The summed E-state index contributed by atoms with van der Waals surface area (Å²) in [7, 11) is 0. The number of aliphatic hydroxyl groups is 1. The lowest BCUT2D eigenvalue weighted by atomic mass is 9.96. The Hall–Kier alpha value is -1.62. The van der Waals surface area contributed by atoms with Crippen LogP contribution in [0.25, 0.3) is 0 Å².